The number of morpholine rings is 1. The van der Waals surface area contributed by atoms with Gasteiger partial charge in [0.2, 0.25) is 0 Å². The van der Waals surface area contributed by atoms with Crippen LogP contribution < -0.4 is 0 Å². The number of hydrogen-bond donors (Lipinski definition) is 0. The van der Waals surface area contributed by atoms with Crippen LogP contribution in [0.3, 0.4) is 0 Å². The highest BCUT2D eigenvalue weighted by molar-refractivity contribution is 5.94. The second-order valence-electron chi connectivity index (χ2n) is 4.44. The molecule has 1 amide bonds. The average Bonchev–Trinajstić information content (AvgIpc) is 2.35. The van der Waals surface area contributed by atoms with Crippen molar-refractivity contribution in [2.24, 2.45) is 0 Å². The average molecular weight is 255 g/mol. The Morgan fingerprint density at radius 1 is 1.33 bits per heavy atom. The molecule has 0 aliphatic carbocycles. The molecule has 0 aromatic heterocycles. The van der Waals surface area contributed by atoms with E-state index in [1.54, 1.807) is 4.90 Å². The number of ether oxygens (including phenoxy) is 1. The molecule has 98 valence electrons. The summed E-state index contributed by atoms with van der Waals surface area (Å²) in [6.07, 6.45) is -0.0620. The fraction of sp³-hybridized carbons (Fsp3) is 0.462. The second kappa shape index (κ2) is 5.02. The van der Waals surface area contributed by atoms with Crippen molar-refractivity contribution in [1.82, 2.24) is 4.90 Å². The van der Waals surface area contributed by atoms with Crippen LogP contribution in [0.5, 0.6) is 0 Å². The SMILES string of the molecule is CC1OCCN(C(=O)c2ccc(F)c(F)c2)C1C. The molecule has 1 aromatic rings. The highest BCUT2D eigenvalue weighted by Crippen LogP contribution is 2.18. The molecule has 0 radical (unpaired) electrons. The minimum absolute atomic E-state index is 0.0620. The first-order valence-electron chi connectivity index (χ1n) is 5.88. The summed E-state index contributed by atoms with van der Waals surface area (Å²) in [4.78, 5) is 13.8. The normalized spacial score (nSPS) is 24.1. The predicted octanol–water partition coefficient (Wildman–Crippen LogP) is 2.21. The van der Waals surface area contributed by atoms with Gasteiger partial charge in [0.1, 0.15) is 0 Å². The van der Waals surface area contributed by atoms with Gasteiger partial charge in [-0.3, -0.25) is 4.79 Å². The first-order chi connectivity index (χ1) is 8.50. The van der Waals surface area contributed by atoms with Gasteiger partial charge in [-0.1, -0.05) is 0 Å². The zero-order valence-corrected chi connectivity index (χ0v) is 10.3. The van der Waals surface area contributed by atoms with Crippen LogP contribution >= 0.6 is 0 Å². The van der Waals surface area contributed by atoms with Gasteiger partial charge in [0, 0.05) is 12.1 Å². The molecular formula is C13H15F2NO2. The first-order valence-corrected chi connectivity index (χ1v) is 5.88. The highest BCUT2D eigenvalue weighted by Gasteiger charge is 2.29. The van der Waals surface area contributed by atoms with Gasteiger partial charge >= 0.3 is 0 Å². The number of nitrogens with zero attached hydrogens (tertiary/aromatic N) is 1. The third-order valence-corrected chi connectivity index (χ3v) is 3.31. The van der Waals surface area contributed by atoms with Crippen molar-refractivity contribution in [3.05, 3.63) is 35.4 Å². The van der Waals surface area contributed by atoms with Gasteiger partial charge in [-0.2, -0.15) is 0 Å². The number of amides is 1. The van der Waals surface area contributed by atoms with Crippen LogP contribution in [-0.2, 0) is 4.74 Å². The van der Waals surface area contributed by atoms with Crippen molar-refractivity contribution >= 4 is 5.91 Å². The lowest BCUT2D eigenvalue weighted by atomic mass is 10.1. The number of benzene rings is 1. The molecule has 3 nitrogen and oxygen atoms in total. The van der Waals surface area contributed by atoms with Crippen LogP contribution in [0.15, 0.2) is 18.2 Å². The predicted molar refractivity (Wildman–Crippen MR) is 62.3 cm³/mol. The maximum absolute atomic E-state index is 13.1. The van der Waals surface area contributed by atoms with Crippen molar-refractivity contribution in [1.29, 1.82) is 0 Å². The summed E-state index contributed by atoms with van der Waals surface area (Å²) in [7, 11) is 0. The molecule has 1 aliphatic heterocycles. The Morgan fingerprint density at radius 3 is 2.72 bits per heavy atom. The van der Waals surface area contributed by atoms with E-state index in [9.17, 15) is 13.6 Å². The van der Waals surface area contributed by atoms with Crippen LogP contribution in [0.1, 0.15) is 24.2 Å². The summed E-state index contributed by atoms with van der Waals surface area (Å²) in [5, 5.41) is 0. The van der Waals surface area contributed by atoms with Gasteiger partial charge < -0.3 is 9.64 Å². The van der Waals surface area contributed by atoms with Crippen LogP contribution in [0, 0.1) is 11.6 Å². The van der Waals surface area contributed by atoms with Gasteiger partial charge in [0.15, 0.2) is 11.6 Å². The Kier molecular flexibility index (Phi) is 3.61. The molecule has 1 aliphatic rings. The largest absolute Gasteiger partial charge is 0.375 e. The summed E-state index contributed by atoms with van der Waals surface area (Å²) in [5.41, 5.74) is 0.162. The lowest BCUT2D eigenvalue weighted by molar-refractivity contribution is -0.0440. The van der Waals surface area contributed by atoms with E-state index in [2.05, 4.69) is 0 Å². The minimum atomic E-state index is -1.00. The van der Waals surface area contributed by atoms with E-state index < -0.39 is 11.6 Å². The Hall–Kier alpha value is -1.49. The molecule has 0 bridgehead atoms. The van der Waals surface area contributed by atoms with Gasteiger partial charge in [0.05, 0.1) is 18.8 Å². The molecule has 0 saturated carbocycles. The maximum Gasteiger partial charge on any atom is 0.254 e. The maximum atomic E-state index is 13.1. The van der Waals surface area contributed by atoms with Gasteiger partial charge in [0.25, 0.3) is 5.91 Å². The van der Waals surface area contributed by atoms with Crippen molar-refractivity contribution in [3.8, 4) is 0 Å². The fourth-order valence-corrected chi connectivity index (χ4v) is 2.01. The minimum Gasteiger partial charge on any atom is -0.375 e. The molecule has 0 N–H and O–H groups in total. The number of rotatable bonds is 1. The molecule has 5 heteroatoms. The van der Waals surface area contributed by atoms with E-state index in [-0.39, 0.29) is 23.6 Å². The Morgan fingerprint density at radius 2 is 2.06 bits per heavy atom. The monoisotopic (exact) mass is 255 g/mol. The number of carbonyl (C=O) groups is 1. The Balaban J connectivity index is 2.22. The summed E-state index contributed by atoms with van der Waals surface area (Å²) < 4.78 is 31.4. The molecule has 2 atom stereocenters. The molecule has 1 saturated heterocycles. The van der Waals surface area contributed by atoms with E-state index in [1.807, 2.05) is 13.8 Å². The van der Waals surface area contributed by atoms with Crippen LogP contribution in [-0.4, -0.2) is 36.1 Å². The van der Waals surface area contributed by atoms with Crippen molar-refractivity contribution in [2.45, 2.75) is 26.0 Å². The lowest BCUT2D eigenvalue weighted by Gasteiger charge is -2.37. The number of halogens is 2. The van der Waals surface area contributed by atoms with Crippen LogP contribution in [0.2, 0.25) is 0 Å². The highest BCUT2D eigenvalue weighted by atomic mass is 19.2. The number of carbonyl (C=O) groups excluding carboxylic acids is 1. The quantitative estimate of drug-likeness (QED) is 0.770. The second-order valence-corrected chi connectivity index (χ2v) is 4.44. The fourth-order valence-electron chi connectivity index (χ4n) is 2.01. The van der Waals surface area contributed by atoms with E-state index in [4.69, 9.17) is 4.74 Å². The van der Waals surface area contributed by atoms with Gasteiger partial charge in [-0.05, 0) is 32.0 Å². The Labute approximate surface area is 104 Å². The smallest absolute Gasteiger partial charge is 0.254 e. The van der Waals surface area contributed by atoms with Crippen LogP contribution in [0.4, 0.5) is 8.78 Å². The first kappa shape index (κ1) is 13.0. The van der Waals surface area contributed by atoms with Gasteiger partial charge in [-0.15, -0.1) is 0 Å². The standard InChI is InChI=1S/C13H15F2NO2/c1-8-9(2)18-6-5-16(8)13(17)10-3-4-11(14)12(15)7-10/h3-4,7-9H,5-6H2,1-2H3. The van der Waals surface area contributed by atoms with E-state index in [1.165, 1.54) is 6.07 Å². The summed E-state index contributed by atoms with van der Waals surface area (Å²) in [6.45, 7) is 4.68. The zero-order valence-electron chi connectivity index (χ0n) is 10.3. The summed E-state index contributed by atoms with van der Waals surface area (Å²) in [5.74, 6) is -2.25. The summed E-state index contributed by atoms with van der Waals surface area (Å²) >= 11 is 0. The molecule has 2 unspecified atom stereocenters. The van der Waals surface area contributed by atoms with E-state index in [0.717, 1.165) is 12.1 Å². The Bertz CT molecular complexity index is 464. The molecule has 1 heterocycles. The molecule has 2 rings (SSSR count). The zero-order chi connectivity index (χ0) is 13.3. The van der Waals surface area contributed by atoms with E-state index >= 15 is 0 Å². The summed E-state index contributed by atoms with van der Waals surface area (Å²) in [6, 6.07) is 3.12. The molecular weight excluding hydrogens is 240 g/mol. The molecule has 1 fully saturated rings. The van der Waals surface area contributed by atoms with Crippen molar-refractivity contribution in [2.75, 3.05) is 13.2 Å². The third-order valence-electron chi connectivity index (χ3n) is 3.31. The molecule has 18 heavy (non-hydrogen) atoms. The van der Waals surface area contributed by atoms with Gasteiger partial charge in [-0.25, -0.2) is 8.78 Å². The molecule has 0 spiro atoms. The van der Waals surface area contributed by atoms with Crippen LogP contribution in [0.25, 0.3) is 0 Å². The van der Waals surface area contributed by atoms with E-state index in [0.29, 0.717) is 13.2 Å². The van der Waals surface area contributed by atoms with Crippen molar-refractivity contribution < 1.29 is 18.3 Å². The number of hydrogen-bond acceptors (Lipinski definition) is 2. The molecule has 1 aromatic carbocycles. The topological polar surface area (TPSA) is 29.5 Å². The van der Waals surface area contributed by atoms with Crippen molar-refractivity contribution in [3.63, 3.8) is 0 Å². The third kappa shape index (κ3) is 2.36. The lowest BCUT2D eigenvalue weighted by Crippen LogP contribution is -2.51.